The van der Waals surface area contributed by atoms with Crippen LogP contribution in [0.5, 0.6) is 5.75 Å². The number of amides is 2. The number of methoxy groups -OCH3 is 1. The van der Waals surface area contributed by atoms with Crippen LogP contribution in [0.15, 0.2) is 67.0 Å². The van der Waals surface area contributed by atoms with Crippen LogP contribution in [-0.4, -0.2) is 36.5 Å². The third-order valence-corrected chi connectivity index (χ3v) is 7.84. The molecule has 0 unspecified atom stereocenters. The van der Waals surface area contributed by atoms with E-state index in [-0.39, 0.29) is 18.4 Å². The maximum absolute atomic E-state index is 13.4. The lowest BCUT2D eigenvalue weighted by molar-refractivity contribution is -0.116. The second-order valence-electron chi connectivity index (χ2n) is 9.48. The number of carbonyl (C=O) groups is 2. The van der Waals surface area contributed by atoms with E-state index in [1.807, 2.05) is 65.2 Å². The average molecular weight is 487 g/mol. The van der Waals surface area contributed by atoms with Gasteiger partial charge in [0.2, 0.25) is 11.8 Å². The molecule has 0 aliphatic heterocycles. The van der Waals surface area contributed by atoms with E-state index in [0.717, 1.165) is 38.8 Å². The number of hydrogen-bond acceptors (Lipinski definition) is 4. The molecule has 0 fully saturated rings. The summed E-state index contributed by atoms with van der Waals surface area (Å²) in [5.74, 6) is 0.388. The summed E-state index contributed by atoms with van der Waals surface area (Å²) >= 11 is 0. The zero-order valence-electron chi connectivity index (χ0n) is 20.7. The summed E-state index contributed by atoms with van der Waals surface area (Å²) in [4.78, 5) is 29.8. The Morgan fingerprint density at radius 1 is 0.971 bits per heavy atom. The second kappa shape index (κ2) is 9.75. The number of carbonyl (C=O) groups excluding carboxylic acids is 2. The lowest BCUT2D eigenvalue weighted by Crippen LogP contribution is -2.41. The molecule has 35 heavy (non-hydrogen) atoms. The van der Waals surface area contributed by atoms with Gasteiger partial charge in [0.1, 0.15) is 12.3 Å². The van der Waals surface area contributed by atoms with Gasteiger partial charge in [0.25, 0.3) is 0 Å². The zero-order chi connectivity index (χ0) is 25.2. The Morgan fingerprint density at radius 2 is 1.69 bits per heavy atom. The van der Waals surface area contributed by atoms with E-state index in [2.05, 4.69) is 35.3 Å². The van der Waals surface area contributed by atoms with Gasteiger partial charge in [-0.3, -0.25) is 9.59 Å². The number of benzene rings is 3. The van der Waals surface area contributed by atoms with Crippen LogP contribution < -0.4 is 20.6 Å². The Kier molecular flexibility index (Phi) is 6.75. The average Bonchev–Trinajstić information content (AvgIpc) is 3.21. The van der Waals surface area contributed by atoms with Crippen LogP contribution in [0.1, 0.15) is 6.92 Å². The van der Waals surface area contributed by atoms with Gasteiger partial charge in [0.15, 0.2) is 0 Å². The van der Waals surface area contributed by atoms with Crippen molar-refractivity contribution in [2.45, 2.75) is 33.1 Å². The summed E-state index contributed by atoms with van der Waals surface area (Å²) in [6.45, 7) is 8.30. The molecule has 3 aromatic carbocycles. The van der Waals surface area contributed by atoms with Gasteiger partial charge >= 0.3 is 0 Å². The number of anilines is 2. The molecule has 4 rings (SSSR count). The van der Waals surface area contributed by atoms with Crippen LogP contribution in [0.3, 0.4) is 0 Å². The number of imidazole rings is 1. The SMILES string of the molecule is COc1ccc(-c2c(NC(C)=O)ccc([Si](C)(C)C)c2NC(=O)Cn2cnc3ccccc32)cc1. The Bertz CT molecular complexity index is 1390. The maximum atomic E-state index is 13.4. The highest BCUT2D eigenvalue weighted by atomic mass is 28.3. The number of ether oxygens (including phenoxy) is 1. The van der Waals surface area contributed by atoms with Gasteiger partial charge in [0.05, 0.1) is 38.2 Å². The largest absolute Gasteiger partial charge is 0.497 e. The molecule has 0 aliphatic rings. The minimum absolute atomic E-state index is 0.123. The van der Waals surface area contributed by atoms with Gasteiger partial charge in [-0.05, 0) is 41.1 Å². The number of rotatable bonds is 7. The number of fused-ring (bicyclic) bond motifs is 1. The Balaban J connectivity index is 1.81. The molecule has 2 N–H and O–H groups in total. The highest BCUT2D eigenvalue weighted by Gasteiger charge is 2.26. The molecular formula is C27H30N4O3Si. The summed E-state index contributed by atoms with van der Waals surface area (Å²) in [5.41, 5.74) is 4.78. The molecular weight excluding hydrogens is 456 g/mol. The first-order valence-electron chi connectivity index (χ1n) is 11.5. The van der Waals surface area contributed by atoms with Crippen molar-refractivity contribution in [1.29, 1.82) is 0 Å². The monoisotopic (exact) mass is 486 g/mol. The van der Waals surface area contributed by atoms with Gasteiger partial charge in [-0.2, -0.15) is 0 Å². The minimum Gasteiger partial charge on any atom is -0.497 e. The molecule has 7 nitrogen and oxygen atoms in total. The molecule has 4 aromatic rings. The van der Waals surface area contributed by atoms with Gasteiger partial charge in [-0.15, -0.1) is 0 Å². The van der Waals surface area contributed by atoms with E-state index in [4.69, 9.17) is 4.74 Å². The fourth-order valence-corrected chi connectivity index (χ4v) is 5.70. The fraction of sp³-hybridized carbons (Fsp3) is 0.222. The van der Waals surface area contributed by atoms with Crippen molar-refractivity contribution in [3.05, 3.63) is 67.0 Å². The van der Waals surface area contributed by atoms with Gasteiger partial charge in [0, 0.05) is 18.2 Å². The van der Waals surface area contributed by atoms with Gasteiger partial charge < -0.3 is 19.9 Å². The number of nitrogens with one attached hydrogen (secondary N) is 2. The molecule has 0 bridgehead atoms. The normalized spacial score (nSPS) is 11.3. The third-order valence-electron chi connectivity index (χ3n) is 5.81. The van der Waals surface area contributed by atoms with Crippen molar-refractivity contribution in [2.24, 2.45) is 0 Å². The summed E-state index contributed by atoms with van der Waals surface area (Å²) in [5, 5.41) is 7.23. The predicted molar refractivity (Wildman–Crippen MR) is 144 cm³/mol. The van der Waals surface area contributed by atoms with Crippen LogP contribution in [0.25, 0.3) is 22.2 Å². The van der Waals surface area contributed by atoms with E-state index in [0.29, 0.717) is 5.69 Å². The summed E-state index contributed by atoms with van der Waals surface area (Å²) in [7, 11) is -0.264. The van der Waals surface area contributed by atoms with Crippen molar-refractivity contribution in [3.63, 3.8) is 0 Å². The maximum Gasteiger partial charge on any atom is 0.244 e. The molecule has 8 heteroatoms. The van der Waals surface area contributed by atoms with Crippen LogP contribution in [0.2, 0.25) is 19.6 Å². The number of nitrogens with zero attached hydrogens (tertiary/aromatic N) is 2. The van der Waals surface area contributed by atoms with E-state index in [1.54, 1.807) is 13.4 Å². The van der Waals surface area contributed by atoms with E-state index in [9.17, 15) is 9.59 Å². The van der Waals surface area contributed by atoms with Gasteiger partial charge in [-0.1, -0.05) is 50.0 Å². The first kappa shape index (κ1) is 24.2. The van der Waals surface area contributed by atoms with E-state index < -0.39 is 8.07 Å². The molecule has 0 saturated heterocycles. The standard InChI is InChI=1S/C27H30N4O3Si/c1-18(32)29-22-14-15-24(35(3,4)5)27(26(22)19-10-12-20(34-2)13-11-19)30-25(33)16-31-17-28-21-8-6-7-9-23(21)31/h6-15,17H,16H2,1-5H3,(H,29,32)(H,30,33). The van der Waals surface area contributed by atoms with Gasteiger partial charge in [-0.25, -0.2) is 4.98 Å². The number of para-hydroxylation sites is 2. The lowest BCUT2D eigenvalue weighted by atomic mass is 10.0. The predicted octanol–water partition coefficient (Wildman–Crippen LogP) is 4.85. The zero-order valence-corrected chi connectivity index (χ0v) is 21.7. The molecule has 0 spiro atoms. The van der Waals surface area contributed by atoms with Crippen LogP contribution in [-0.2, 0) is 16.1 Å². The fourth-order valence-electron chi connectivity index (χ4n) is 4.18. The Morgan fingerprint density at radius 3 is 2.34 bits per heavy atom. The molecule has 2 amide bonds. The highest BCUT2D eigenvalue weighted by molar-refractivity contribution is 6.90. The van der Waals surface area contributed by atoms with Crippen molar-refractivity contribution in [1.82, 2.24) is 9.55 Å². The van der Waals surface area contributed by atoms with Crippen molar-refractivity contribution >= 4 is 47.5 Å². The number of aromatic nitrogens is 2. The van der Waals surface area contributed by atoms with Crippen molar-refractivity contribution in [2.75, 3.05) is 17.7 Å². The molecule has 0 atom stereocenters. The smallest absolute Gasteiger partial charge is 0.244 e. The Hall–Kier alpha value is -3.91. The van der Waals surface area contributed by atoms with Crippen LogP contribution >= 0.6 is 0 Å². The van der Waals surface area contributed by atoms with Crippen LogP contribution in [0, 0.1) is 0 Å². The molecule has 0 radical (unpaired) electrons. The van der Waals surface area contributed by atoms with E-state index >= 15 is 0 Å². The second-order valence-corrected chi connectivity index (χ2v) is 14.5. The molecule has 1 heterocycles. The lowest BCUT2D eigenvalue weighted by Gasteiger charge is -2.26. The van der Waals surface area contributed by atoms with E-state index in [1.165, 1.54) is 6.92 Å². The Labute approximate surface area is 206 Å². The first-order valence-corrected chi connectivity index (χ1v) is 15.0. The topological polar surface area (TPSA) is 85.3 Å². The summed E-state index contributed by atoms with van der Waals surface area (Å²) in [6, 6.07) is 19.3. The number of hydrogen-bond donors (Lipinski definition) is 2. The first-order chi connectivity index (χ1) is 16.7. The highest BCUT2D eigenvalue weighted by Crippen LogP contribution is 2.36. The van der Waals surface area contributed by atoms with Crippen LogP contribution in [0.4, 0.5) is 11.4 Å². The molecule has 1 aromatic heterocycles. The van der Waals surface area contributed by atoms with Crippen molar-refractivity contribution in [3.8, 4) is 16.9 Å². The molecule has 0 saturated carbocycles. The minimum atomic E-state index is -1.88. The molecule has 180 valence electrons. The quantitative estimate of drug-likeness (QED) is 0.366. The van der Waals surface area contributed by atoms with Crippen molar-refractivity contribution < 1.29 is 14.3 Å². The summed E-state index contributed by atoms with van der Waals surface area (Å²) < 4.78 is 7.16. The molecule has 0 aliphatic carbocycles. The third kappa shape index (κ3) is 5.27. The summed E-state index contributed by atoms with van der Waals surface area (Å²) in [6.07, 6.45) is 1.68.